The van der Waals surface area contributed by atoms with Gasteiger partial charge in [-0.05, 0) is 55.2 Å². The van der Waals surface area contributed by atoms with Gasteiger partial charge in [0.2, 0.25) is 5.91 Å². The first-order valence-electron chi connectivity index (χ1n) is 12.6. The fourth-order valence-corrected chi connectivity index (χ4v) is 4.88. The number of carbonyl (C=O) groups excluding carboxylic acids is 1. The van der Waals surface area contributed by atoms with Crippen LogP contribution in [0, 0.1) is 5.92 Å². The maximum Gasteiger partial charge on any atom is 0.225 e. The Morgan fingerprint density at radius 3 is 2.71 bits per heavy atom. The van der Waals surface area contributed by atoms with Crippen molar-refractivity contribution in [1.82, 2.24) is 34.5 Å². The lowest BCUT2D eigenvalue weighted by Crippen LogP contribution is -2.48. The molecule has 1 N–H and O–H groups in total. The highest BCUT2D eigenvalue weighted by atomic mass is 16.2. The number of hydrogen-bond donors (Lipinski definition) is 1. The van der Waals surface area contributed by atoms with Crippen LogP contribution in [-0.4, -0.2) is 66.6 Å². The van der Waals surface area contributed by atoms with Gasteiger partial charge in [0, 0.05) is 75.3 Å². The van der Waals surface area contributed by atoms with E-state index in [1.165, 1.54) is 5.56 Å². The molecule has 6 rings (SSSR count). The van der Waals surface area contributed by atoms with Crippen molar-refractivity contribution in [2.45, 2.75) is 39.3 Å². The fraction of sp³-hybridized carbons (Fsp3) is 0.407. The van der Waals surface area contributed by atoms with E-state index in [4.69, 9.17) is 4.98 Å². The zero-order chi connectivity index (χ0) is 23.8. The molecule has 8 nitrogen and oxygen atoms in total. The van der Waals surface area contributed by atoms with Crippen LogP contribution in [-0.2, 0) is 24.3 Å². The van der Waals surface area contributed by atoms with E-state index in [1.54, 1.807) is 0 Å². The third-order valence-electron chi connectivity index (χ3n) is 7.07. The Bertz CT molecular complexity index is 1340. The minimum absolute atomic E-state index is 0.314. The summed E-state index contributed by atoms with van der Waals surface area (Å²) in [4.78, 5) is 29.6. The van der Waals surface area contributed by atoms with E-state index in [-0.39, 0.29) is 0 Å². The first kappa shape index (κ1) is 22.0. The highest BCUT2D eigenvalue weighted by molar-refractivity contribution is 5.82. The Hall–Kier alpha value is -3.52. The van der Waals surface area contributed by atoms with Gasteiger partial charge >= 0.3 is 0 Å². The van der Waals surface area contributed by atoms with Crippen LogP contribution in [0.3, 0.4) is 0 Å². The monoisotopic (exact) mass is 469 g/mol. The molecular formula is C27H31N7O. The molecule has 1 amide bonds. The number of amides is 1. The summed E-state index contributed by atoms with van der Waals surface area (Å²) >= 11 is 0. The molecule has 1 aromatic carbocycles. The minimum atomic E-state index is 0.314. The van der Waals surface area contributed by atoms with Gasteiger partial charge in [-0.1, -0.05) is 6.07 Å². The normalized spacial score (nSPS) is 16.8. The summed E-state index contributed by atoms with van der Waals surface area (Å²) < 4.78 is 1.93. The van der Waals surface area contributed by atoms with Gasteiger partial charge in [0.1, 0.15) is 5.82 Å². The summed E-state index contributed by atoms with van der Waals surface area (Å²) in [6, 6.07) is 10.6. The van der Waals surface area contributed by atoms with Crippen molar-refractivity contribution in [3.05, 3.63) is 66.0 Å². The number of aryl methyl sites for hydroxylation is 1. The lowest BCUT2D eigenvalue weighted by Gasteiger charge is -2.35. The van der Waals surface area contributed by atoms with Crippen LogP contribution in [0.2, 0.25) is 0 Å². The van der Waals surface area contributed by atoms with Crippen LogP contribution >= 0.6 is 0 Å². The molecule has 4 heterocycles. The fourth-order valence-electron chi connectivity index (χ4n) is 4.88. The molecule has 2 aliphatic rings. The van der Waals surface area contributed by atoms with Crippen molar-refractivity contribution in [1.29, 1.82) is 0 Å². The molecule has 1 saturated carbocycles. The largest absolute Gasteiger partial charge is 0.342 e. The lowest BCUT2D eigenvalue weighted by atomic mass is 10.1. The van der Waals surface area contributed by atoms with Crippen LogP contribution in [0.4, 0.5) is 0 Å². The molecule has 0 radical (unpaired) electrons. The van der Waals surface area contributed by atoms with Crippen molar-refractivity contribution in [2.75, 3.05) is 26.2 Å². The van der Waals surface area contributed by atoms with E-state index >= 15 is 0 Å². The molecule has 0 atom stereocenters. The number of carbonyl (C=O) groups is 1. The molecule has 2 fully saturated rings. The maximum absolute atomic E-state index is 12.3. The maximum atomic E-state index is 12.3. The number of hydrogen-bond acceptors (Lipinski definition) is 5. The molecular weight excluding hydrogens is 438 g/mol. The molecule has 180 valence electrons. The molecule has 1 aliphatic heterocycles. The minimum Gasteiger partial charge on any atom is -0.342 e. The molecule has 4 aromatic rings. The van der Waals surface area contributed by atoms with E-state index in [1.807, 2.05) is 17.1 Å². The molecule has 0 unspecified atom stereocenters. The van der Waals surface area contributed by atoms with Gasteiger partial charge < -0.3 is 9.88 Å². The van der Waals surface area contributed by atoms with E-state index < -0.39 is 0 Å². The third-order valence-corrected chi connectivity index (χ3v) is 7.07. The summed E-state index contributed by atoms with van der Waals surface area (Å²) in [7, 11) is 0. The average Bonchev–Trinajstić information content (AvgIpc) is 3.48. The number of aromatic amines is 1. The second-order valence-corrected chi connectivity index (χ2v) is 9.71. The highest BCUT2D eigenvalue weighted by Gasteiger charge is 2.34. The SMILES string of the molecule is CCn1cc(-c2ccc3nc(Cc4cc(CN5CCN(C(=O)C6CC6)CC5)ccn4)[nH]c3c2)cn1. The lowest BCUT2D eigenvalue weighted by molar-refractivity contribution is -0.134. The molecule has 3 aromatic heterocycles. The summed E-state index contributed by atoms with van der Waals surface area (Å²) in [6.45, 7) is 7.37. The summed E-state index contributed by atoms with van der Waals surface area (Å²) in [5, 5.41) is 4.38. The number of imidazole rings is 1. The van der Waals surface area contributed by atoms with Crippen LogP contribution in [0.1, 0.15) is 36.8 Å². The van der Waals surface area contributed by atoms with Gasteiger partial charge in [0.25, 0.3) is 0 Å². The Morgan fingerprint density at radius 2 is 1.94 bits per heavy atom. The number of benzene rings is 1. The standard InChI is InChI=1S/C27H31N7O/c1-2-34-18-22(16-29-34)21-5-6-24-25(14-21)31-26(30-24)15-23-13-19(7-8-28-23)17-32-9-11-33(12-10-32)27(35)20-3-4-20/h5-8,13-14,16,18,20H,2-4,9-12,15,17H2,1H3,(H,30,31). The van der Waals surface area contributed by atoms with E-state index in [9.17, 15) is 4.79 Å². The summed E-state index contributed by atoms with van der Waals surface area (Å²) in [6.07, 6.45) is 8.69. The summed E-state index contributed by atoms with van der Waals surface area (Å²) in [5.74, 6) is 1.59. The van der Waals surface area contributed by atoms with Gasteiger partial charge in [-0.25, -0.2) is 4.98 Å². The van der Waals surface area contributed by atoms with E-state index in [0.29, 0.717) is 18.2 Å². The van der Waals surface area contributed by atoms with Crippen LogP contribution in [0.25, 0.3) is 22.2 Å². The second kappa shape index (κ2) is 9.26. The Balaban J connectivity index is 1.10. The van der Waals surface area contributed by atoms with E-state index in [0.717, 1.165) is 85.8 Å². The zero-order valence-electron chi connectivity index (χ0n) is 20.2. The molecule has 1 aliphatic carbocycles. The van der Waals surface area contributed by atoms with Gasteiger partial charge in [0.05, 0.1) is 17.2 Å². The van der Waals surface area contributed by atoms with Crippen molar-refractivity contribution < 1.29 is 4.79 Å². The number of pyridine rings is 1. The molecule has 0 bridgehead atoms. The summed E-state index contributed by atoms with van der Waals surface area (Å²) in [5.41, 5.74) is 6.48. The quantitative estimate of drug-likeness (QED) is 0.448. The third kappa shape index (κ3) is 4.84. The number of aromatic nitrogens is 5. The van der Waals surface area contributed by atoms with Crippen molar-refractivity contribution in [3.63, 3.8) is 0 Å². The predicted molar refractivity (Wildman–Crippen MR) is 135 cm³/mol. The number of nitrogens with zero attached hydrogens (tertiary/aromatic N) is 6. The molecule has 1 saturated heterocycles. The Kier molecular flexibility index (Phi) is 5.82. The van der Waals surface area contributed by atoms with E-state index in [2.05, 4.69) is 68.3 Å². The van der Waals surface area contributed by atoms with Gasteiger partial charge in [-0.2, -0.15) is 5.10 Å². The average molecular weight is 470 g/mol. The topological polar surface area (TPSA) is 82.9 Å². The van der Waals surface area contributed by atoms with Gasteiger partial charge in [-0.15, -0.1) is 0 Å². The van der Waals surface area contributed by atoms with Crippen LogP contribution < -0.4 is 0 Å². The number of fused-ring (bicyclic) bond motifs is 1. The predicted octanol–water partition coefficient (Wildman–Crippen LogP) is 3.49. The smallest absolute Gasteiger partial charge is 0.225 e. The highest BCUT2D eigenvalue weighted by Crippen LogP contribution is 2.31. The Morgan fingerprint density at radius 1 is 1.09 bits per heavy atom. The molecule has 35 heavy (non-hydrogen) atoms. The van der Waals surface area contributed by atoms with Gasteiger partial charge in [0.15, 0.2) is 0 Å². The number of piperazine rings is 1. The second-order valence-electron chi connectivity index (χ2n) is 9.71. The van der Waals surface area contributed by atoms with Crippen molar-refractivity contribution in [3.8, 4) is 11.1 Å². The number of rotatable bonds is 7. The molecule has 8 heteroatoms. The number of H-pyrrole nitrogens is 1. The van der Waals surface area contributed by atoms with Crippen molar-refractivity contribution in [2.24, 2.45) is 5.92 Å². The first-order chi connectivity index (χ1) is 17.1. The first-order valence-corrected chi connectivity index (χ1v) is 12.6. The van der Waals surface area contributed by atoms with Crippen LogP contribution in [0.5, 0.6) is 0 Å². The molecule has 0 spiro atoms. The number of nitrogens with one attached hydrogen (secondary N) is 1. The van der Waals surface area contributed by atoms with Crippen LogP contribution in [0.15, 0.2) is 48.9 Å². The zero-order valence-corrected chi connectivity index (χ0v) is 20.2. The van der Waals surface area contributed by atoms with Gasteiger partial charge in [-0.3, -0.25) is 19.4 Å². The Labute approximate surface area is 205 Å². The van der Waals surface area contributed by atoms with Crippen molar-refractivity contribution >= 4 is 16.9 Å².